The van der Waals surface area contributed by atoms with Crippen molar-refractivity contribution in [3.8, 4) is 0 Å². The van der Waals surface area contributed by atoms with Crippen LogP contribution in [0, 0.1) is 0 Å². The average Bonchev–Trinajstić information content (AvgIpc) is 1.87. The zero-order chi connectivity index (χ0) is 5.28. The van der Waals surface area contributed by atoms with Gasteiger partial charge in [0.25, 0.3) is 0 Å². The van der Waals surface area contributed by atoms with Gasteiger partial charge in [-0.2, -0.15) is 0 Å². The van der Waals surface area contributed by atoms with Crippen molar-refractivity contribution in [2.24, 2.45) is 0 Å². The molecule has 1 heterocycles. The zero-order valence-corrected chi connectivity index (χ0v) is 7.77. The number of nitrogens with zero attached hydrogens (tertiary/aromatic N) is 2. The Hall–Kier alpha value is 0.599. The van der Waals surface area contributed by atoms with E-state index in [1.807, 2.05) is 0 Å². The van der Waals surface area contributed by atoms with Crippen LogP contribution in [0.4, 0.5) is 0 Å². The van der Waals surface area contributed by atoms with Crippen molar-refractivity contribution < 1.29 is 0 Å². The summed E-state index contributed by atoms with van der Waals surface area (Å²) in [6, 6.07) is 0. The summed E-state index contributed by atoms with van der Waals surface area (Å²) in [4.78, 5) is 0. The van der Waals surface area contributed by atoms with Gasteiger partial charge in [0.15, 0.2) is 0 Å². The second kappa shape index (κ2) is 2.25. The molecule has 0 aliphatic heterocycles. The monoisotopic (exact) mass is 246 g/mol. The Kier molecular flexibility index (Phi) is 1.84. The Bertz CT molecular complexity index is 146. The second-order valence-electron chi connectivity index (χ2n) is 0.867. The molecule has 0 aliphatic rings. The van der Waals surface area contributed by atoms with Crippen LogP contribution in [0.25, 0.3) is 0 Å². The predicted octanol–water partition coefficient (Wildman–Crippen LogP) is -2.41. The molecular formula is C2H2N2SSe2. The van der Waals surface area contributed by atoms with Gasteiger partial charge in [0.1, 0.15) is 0 Å². The molecular weight excluding hydrogens is 242 g/mol. The predicted molar refractivity (Wildman–Crippen MR) is 33.5 cm³/mol. The van der Waals surface area contributed by atoms with E-state index in [-0.39, 0.29) is 0 Å². The molecule has 1 rings (SSSR count). The van der Waals surface area contributed by atoms with Crippen LogP contribution in [0.15, 0.2) is 0 Å². The molecule has 0 atom stereocenters. The van der Waals surface area contributed by atoms with Crippen LogP contribution in [0.3, 0.4) is 0 Å². The van der Waals surface area contributed by atoms with E-state index in [9.17, 15) is 0 Å². The molecule has 0 saturated carbocycles. The summed E-state index contributed by atoms with van der Waals surface area (Å²) in [5.74, 6) is 0. The fourth-order valence-corrected chi connectivity index (χ4v) is 2.83. The molecule has 0 aliphatic carbocycles. The topological polar surface area (TPSA) is 25.8 Å². The molecule has 1 aromatic rings. The van der Waals surface area contributed by atoms with Crippen LogP contribution in [-0.4, -0.2) is 42.2 Å². The third-order valence-electron chi connectivity index (χ3n) is 0.404. The van der Waals surface area contributed by atoms with Crippen molar-refractivity contribution in [3.05, 3.63) is 0 Å². The molecule has 0 bridgehead atoms. The third kappa shape index (κ3) is 1.51. The number of hydrogen-bond acceptors (Lipinski definition) is 3. The quantitative estimate of drug-likeness (QED) is 0.475. The summed E-state index contributed by atoms with van der Waals surface area (Å²) in [6.45, 7) is 0. The van der Waals surface area contributed by atoms with Gasteiger partial charge in [-0.05, 0) is 0 Å². The fraction of sp³-hybridized carbons (Fsp3) is 0. The van der Waals surface area contributed by atoms with E-state index in [4.69, 9.17) is 0 Å². The number of aromatic nitrogens is 2. The molecule has 0 radical (unpaired) electrons. The van der Waals surface area contributed by atoms with Crippen LogP contribution in [-0.2, 0) is 0 Å². The van der Waals surface area contributed by atoms with E-state index in [1.165, 1.54) is 0 Å². The molecule has 0 spiro atoms. The minimum atomic E-state index is 0.961. The molecule has 0 aromatic carbocycles. The summed E-state index contributed by atoms with van der Waals surface area (Å²) >= 11 is 6.26. The molecule has 5 heteroatoms. The van der Waals surface area contributed by atoms with Gasteiger partial charge in [0, 0.05) is 0 Å². The molecule has 0 saturated heterocycles. The van der Waals surface area contributed by atoms with Gasteiger partial charge in [-0.1, -0.05) is 0 Å². The van der Waals surface area contributed by atoms with Gasteiger partial charge in [-0.15, -0.1) is 0 Å². The Labute approximate surface area is 61.3 Å². The average molecular weight is 244 g/mol. The molecule has 38 valence electrons. The first-order chi connectivity index (χ1) is 3.29. The van der Waals surface area contributed by atoms with Crippen molar-refractivity contribution in [2.75, 3.05) is 0 Å². The van der Waals surface area contributed by atoms with E-state index in [2.05, 4.69) is 42.2 Å². The van der Waals surface area contributed by atoms with Gasteiger partial charge in [-0.3, -0.25) is 0 Å². The molecule has 2 nitrogen and oxygen atoms in total. The first-order valence-corrected chi connectivity index (χ1v) is 4.20. The van der Waals surface area contributed by atoms with Gasteiger partial charge in [0.2, 0.25) is 0 Å². The van der Waals surface area contributed by atoms with Crippen molar-refractivity contribution >= 4 is 51.2 Å². The summed E-state index contributed by atoms with van der Waals surface area (Å²) in [6.07, 6.45) is 0. The summed E-state index contributed by atoms with van der Waals surface area (Å²) in [5, 5.41) is 7.48. The summed E-state index contributed by atoms with van der Waals surface area (Å²) in [5.41, 5.74) is 0. The molecule has 0 N–H and O–H groups in total. The molecule has 1 aromatic heterocycles. The van der Waals surface area contributed by atoms with Crippen molar-refractivity contribution in [1.82, 2.24) is 10.2 Å². The first-order valence-electron chi connectivity index (χ1n) is 1.50. The van der Waals surface area contributed by atoms with Crippen LogP contribution in [0.5, 0.6) is 0 Å². The first kappa shape index (κ1) is 5.73. The van der Waals surface area contributed by atoms with E-state index in [0.29, 0.717) is 0 Å². The van der Waals surface area contributed by atoms with Crippen molar-refractivity contribution in [3.63, 3.8) is 0 Å². The Balaban J connectivity index is 3.04. The standard InChI is InChI=1S/C2H2N2SSe2/c6-1-3-4-2(7)5-1/h(H,3,6)(H,4,7). The Morgan fingerprint density at radius 3 is 1.71 bits per heavy atom. The maximum atomic E-state index is 3.74. The van der Waals surface area contributed by atoms with E-state index < -0.39 is 0 Å². The third-order valence-corrected chi connectivity index (χ3v) is 2.46. The van der Waals surface area contributed by atoms with E-state index in [0.717, 1.165) is 7.81 Å². The number of rotatable bonds is 0. The Morgan fingerprint density at radius 2 is 1.57 bits per heavy atom. The van der Waals surface area contributed by atoms with Gasteiger partial charge in [-0.25, -0.2) is 0 Å². The fourth-order valence-electron chi connectivity index (χ4n) is 0.208. The van der Waals surface area contributed by atoms with Crippen LogP contribution < -0.4 is 7.81 Å². The zero-order valence-electron chi connectivity index (χ0n) is 3.20. The van der Waals surface area contributed by atoms with Gasteiger partial charge in [0.05, 0.1) is 0 Å². The SMILES string of the molecule is [SeH]c1nnc([SeH])s1. The molecule has 0 amide bonds. The summed E-state index contributed by atoms with van der Waals surface area (Å²) in [7, 11) is 0. The van der Waals surface area contributed by atoms with Crippen LogP contribution >= 0.6 is 11.3 Å². The van der Waals surface area contributed by atoms with Gasteiger partial charge >= 0.3 is 61.4 Å². The Morgan fingerprint density at radius 1 is 1.14 bits per heavy atom. The van der Waals surface area contributed by atoms with E-state index >= 15 is 0 Å². The molecule has 7 heavy (non-hydrogen) atoms. The maximum absolute atomic E-state index is 3.74. The van der Waals surface area contributed by atoms with Crippen molar-refractivity contribution in [1.29, 1.82) is 0 Å². The van der Waals surface area contributed by atoms with Crippen LogP contribution in [0.1, 0.15) is 0 Å². The number of hydrogen-bond donors (Lipinski definition) is 0. The van der Waals surface area contributed by atoms with Crippen molar-refractivity contribution in [2.45, 2.75) is 0 Å². The minimum absolute atomic E-state index is 0.961. The summed E-state index contributed by atoms with van der Waals surface area (Å²) < 4.78 is 1.92. The second-order valence-corrected chi connectivity index (χ2v) is 4.94. The molecule has 0 fully saturated rings. The van der Waals surface area contributed by atoms with Gasteiger partial charge < -0.3 is 0 Å². The molecule has 0 unspecified atom stereocenters. The normalized spacial score (nSPS) is 9.43. The van der Waals surface area contributed by atoms with E-state index in [1.54, 1.807) is 11.3 Å². The van der Waals surface area contributed by atoms with Crippen LogP contribution in [0.2, 0.25) is 0 Å².